The zero-order valence-corrected chi connectivity index (χ0v) is 11.4. The first-order chi connectivity index (χ1) is 9.72. The lowest BCUT2D eigenvalue weighted by Crippen LogP contribution is -2.46. The van der Waals surface area contributed by atoms with Crippen molar-refractivity contribution in [1.29, 1.82) is 0 Å². The van der Waals surface area contributed by atoms with E-state index in [2.05, 4.69) is 29.2 Å². The molecule has 3 heteroatoms. The van der Waals surface area contributed by atoms with E-state index in [0.717, 1.165) is 25.2 Å². The van der Waals surface area contributed by atoms with E-state index >= 15 is 0 Å². The SMILES string of the molecule is NC1CC(c2ccccc2)CN(c2ccc(F)cc2)C1. The van der Waals surface area contributed by atoms with Gasteiger partial charge in [0.1, 0.15) is 5.82 Å². The van der Waals surface area contributed by atoms with Gasteiger partial charge in [0.15, 0.2) is 0 Å². The summed E-state index contributed by atoms with van der Waals surface area (Å²) >= 11 is 0. The van der Waals surface area contributed by atoms with Gasteiger partial charge in [-0.15, -0.1) is 0 Å². The normalized spacial score (nSPS) is 22.8. The zero-order chi connectivity index (χ0) is 13.9. The molecule has 2 aromatic rings. The molecule has 104 valence electrons. The number of hydrogen-bond acceptors (Lipinski definition) is 2. The molecule has 3 rings (SSSR count). The van der Waals surface area contributed by atoms with E-state index in [9.17, 15) is 4.39 Å². The molecule has 0 saturated carbocycles. The average Bonchev–Trinajstić information content (AvgIpc) is 2.48. The topological polar surface area (TPSA) is 29.3 Å². The highest BCUT2D eigenvalue weighted by molar-refractivity contribution is 5.48. The molecule has 2 atom stereocenters. The minimum Gasteiger partial charge on any atom is -0.369 e. The van der Waals surface area contributed by atoms with Gasteiger partial charge in [-0.1, -0.05) is 30.3 Å². The van der Waals surface area contributed by atoms with E-state index in [1.165, 1.54) is 17.7 Å². The van der Waals surface area contributed by atoms with E-state index in [4.69, 9.17) is 5.73 Å². The van der Waals surface area contributed by atoms with E-state index < -0.39 is 0 Å². The summed E-state index contributed by atoms with van der Waals surface area (Å²) in [7, 11) is 0. The summed E-state index contributed by atoms with van der Waals surface area (Å²) < 4.78 is 13.0. The molecule has 2 aromatic carbocycles. The van der Waals surface area contributed by atoms with Crippen molar-refractivity contribution < 1.29 is 4.39 Å². The van der Waals surface area contributed by atoms with Crippen LogP contribution in [0.2, 0.25) is 0 Å². The molecule has 0 aliphatic carbocycles. The lowest BCUT2D eigenvalue weighted by atomic mass is 9.88. The first-order valence-corrected chi connectivity index (χ1v) is 7.03. The molecule has 2 N–H and O–H groups in total. The van der Waals surface area contributed by atoms with Crippen LogP contribution >= 0.6 is 0 Å². The molecule has 1 heterocycles. The van der Waals surface area contributed by atoms with Crippen LogP contribution in [0.4, 0.5) is 10.1 Å². The van der Waals surface area contributed by atoms with Crippen LogP contribution < -0.4 is 10.6 Å². The van der Waals surface area contributed by atoms with Crippen LogP contribution in [-0.4, -0.2) is 19.1 Å². The summed E-state index contributed by atoms with van der Waals surface area (Å²) in [6.07, 6.45) is 1.00. The van der Waals surface area contributed by atoms with Crippen LogP contribution in [0.3, 0.4) is 0 Å². The summed E-state index contributed by atoms with van der Waals surface area (Å²) in [4.78, 5) is 2.26. The number of anilines is 1. The fraction of sp³-hybridized carbons (Fsp3) is 0.294. The molecule has 20 heavy (non-hydrogen) atoms. The molecule has 0 radical (unpaired) electrons. The zero-order valence-electron chi connectivity index (χ0n) is 11.4. The quantitative estimate of drug-likeness (QED) is 0.908. The molecule has 0 amide bonds. The monoisotopic (exact) mass is 270 g/mol. The largest absolute Gasteiger partial charge is 0.369 e. The number of halogens is 1. The van der Waals surface area contributed by atoms with Crippen LogP contribution in [0.15, 0.2) is 54.6 Å². The second-order valence-electron chi connectivity index (χ2n) is 5.48. The fourth-order valence-electron chi connectivity index (χ4n) is 2.97. The molecule has 2 unspecified atom stereocenters. The molecule has 0 aromatic heterocycles. The second-order valence-corrected chi connectivity index (χ2v) is 5.48. The Hall–Kier alpha value is -1.87. The molecular formula is C17H19FN2. The Balaban J connectivity index is 1.81. The highest BCUT2D eigenvalue weighted by Gasteiger charge is 2.26. The summed E-state index contributed by atoms with van der Waals surface area (Å²) in [6, 6.07) is 17.3. The minimum atomic E-state index is -0.199. The standard InChI is InChI=1S/C17H19FN2/c18-15-6-8-17(9-7-15)20-11-14(10-16(19)12-20)13-4-2-1-3-5-13/h1-9,14,16H,10-12,19H2. The number of piperidine rings is 1. The van der Waals surface area contributed by atoms with Crippen molar-refractivity contribution >= 4 is 5.69 Å². The molecular weight excluding hydrogens is 251 g/mol. The molecule has 0 bridgehead atoms. The third kappa shape index (κ3) is 2.83. The number of nitrogens with zero attached hydrogens (tertiary/aromatic N) is 1. The molecule has 2 nitrogen and oxygen atoms in total. The predicted octanol–water partition coefficient (Wildman–Crippen LogP) is 3.15. The Labute approximate surface area is 119 Å². The Morgan fingerprint density at radius 1 is 0.950 bits per heavy atom. The number of hydrogen-bond donors (Lipinski definition) is 1. The van der Waals surface area contributed by atoms with Gasteiger partial charge in [-0.3, -0.25) is 0 Å². The van der Waals surface area contributed by atoms with Crippen molar-refractivity contribution in [2.24, 2.45) is 5.73 Å². The van der Waals surface area contributed by atoms with Crippen LogP contribution in [-0.2, 0) is 0 Å². The van der Waals surface area contributed by atoms with Crippen molar-refractivity contribution in [1.82, 2.24) is 0 Å². The van der Waals surface area contributed by atoms with E-state index in [1.54, 1.807) is 0 Å². The van der Waals surface area contributed by atoms with Gasteiger partial charge in [0.25, 0.3) is 0 Å². The molecule has 1 saturated heterocycles. The summed E-state index contributed by atoms with van der Waals surface area (Å²) in [6.45, 7) is 1.76. The maximum Gasteiger partial charge on any atom is 0.123 e. The van der Waals surface area contributed by atoms with Crippen molar-refractivity contribution in [3.05, 3.63) is 66.0 Å². The number of benzene rings is 2. The van der Waals surface area contributed by atoms with Crippen molar-refractivity contribution in [2.45, 2.75) is 18.4 Å². The van der Waals surface area contributed by atoms with E-state index in [1.807, 2.05) is 18.2 Å². The Bertz CT molecular complexity index is 553. The first kappa shape index (κ1) is 13.1. The number of nitrogens with two attached hydrogens (primary N) is 1. The minimum absolute atomic E-state index is 0.152. The highest BCUT2D eigenvalue weighted by atomic mass is 19.1. The van der Waals surface area contributed by atoms with Gasteiger partial charge >= 0.3 is 0 Å². The van der Waals surface area contributed by atoms with Gasteiger partial charge in [0.2, 0.25) is 0 Å². The van der Waals surface area contributed by atoms with Crippen molar-refractivity contribution in [3.8, 4) is 0 Å². The van der Waals surface area contributed by atoms with Gasteiger partial charge in [-0.2, -0.15) is 0 Å². The maximum absolute atomic E-state index is 13.0. The van der Waals surface area contributed by atoms with Crippen LogP contribution in [0.25, 0.3) is 0 Å². The first-order valence-electron chi connectivity index (χ1n) is 7.03. The third-order valence-corrected chi connectivity index (χ3v) is 3.95. The molecule has 0 spiro atoms. The molecule has 1 aliphatic heterocycles. The second kappa shape index (κ2) is 5.63. The van der Waals surface area contributed by atoms with Gasteiger partial charge in [0.05, 0.1) is 0 Å². The van der Waals surface area contributed by atoms with Crippen LogP contribution in [0, 0.1) is 5.82 Å². The van der Waals surface area contributed by atoms with E-state index in [0.29, 0.717) is 5.92 Å². The maximum atomic E-state index is 13.0. The Kier molecular flexibility index (Phi) is 3.70. The molecule has 1 aliphatic rings. The van der Waals surface area contributed by atoms with Gasteiger partial charge in [-0.25, -0.2) is 4.39 Å². The van der Waals surface area contributed by atoms with Crippen LogP contribution in [0.1, 0.15) is 17.9 Å². The highest BCUT2D eigenvalue weighted by Crippen LogP contribution is 2.29. The fourth-order valence-corrected chi connectivity index (χ4v) is 2.97. The third-order valence-electron chi connectivity index (χ3n) is 3.95. The smallest absolute Gasteiger partial charge is 0.123 e. The Morgan fingerprint density at radius 3 is 2.35 bits per heavy atom. The molecule has 1 fully saturated rings. The van der Waals surface area contributed by atoms with Crippen LogP contribution in [0.5, 0.6) is 0 Å². The summed E-state index contributed by atoms with van der Waals surface area (Å²) in [5, 5.41) is 0. The van der Waals surface area contributed by atoms with Gasteiger partial charge in [-0.05, 0) is 36.2 Å². The summed E-state index contributed by atoms with van der Waals surface area (Å²) in [5.41, 5.74) is 8.58. The van der Waals surface area contributed by atoms with Gasteiger partial charge in [0, 0.05) is 30.7 Å². The lowest BCUT2D eigenvalue weighted by molar-refractivity contribution is 0.454. The number of rotatable bonds is 2. The summed E-state index contributed by atoms with van der Waals surface area (Å²) in [5.74, 6) is 0.236. The van der Waals surface area contributed by atoms with Crippen molar-refractivity contribution in [2.75, 3.05) is 18.0 Å². The Morgan fingerprint density at radius 2 is 1.65 bits per heavy atom. The lowest BCUT2D eigenvalue weighted by Gasteiger charge is -2.38. The van der Waals surface area contributed by atoms with E-state index in [-0.39, 0.29) is 11.9 Å². The average molecular weight is 270 g/mol. The van der Waals surface area contributed by atoms with Crippen molar-refractivity contribution in [3.63, 3.8) is 0 Å². The predicted molar refractivity (Wildman–Crippen MR) is 80.4 cm³/mol. The van der Waals surface area contributed by atoms with Gasteiger partial charge < -0.3 is 10.6 Å².